The van der Waals surface area contributed by atoms with Gasteiger partial charge in [-0.25, -0.2) is 9.97 Å². The number of pyridine rings is 1. The van der Waals surface area contributed by atoms with Crippen LogP contribution in [0.4, 0.5) is 5.95 Å². The third kappa shape index (κ3) is 4.77. The van der Waals surface area contributed by atoms with Crippen LogP contribution in [0.1, 0.15) is 45.4 Å². The van der Waals surface area contributed by atoms with Gasteiger partial charge in [0.05, 0.1) is 24.3 Å². The lowest BCUT2D eigenvalue weighted by molar-refractivity contribution is 0.0976. The molecule has 11 heteroatoms. The van der Waals surface area contributed by atoms with Crippen molar-refractivity contribution in [2.24, 2.45) is 22.7 Å². The second-order valence-corrected chi connectivity index (χ2v) is 10.1. The lowest BCUT2D eigenvalue weighted by atomic mass is 9.83. The molecule has 4 heterocycles. The zero-order valence-corrected chi connectivity index (χ0v) is 20.8. The predicted molar refractivity (Wildman–Crippen MR) is 135 cm³/mol. The van der Waals surface area contributed by atoms with E-state index in [-0.39, 0.29) is 17.7 Å². The number of ether oxygens (including phenoxy) is 1. The van der Waals surface area contributed by atoms with E-state index in [0.717, 1.165) is 36.0 Å². The lowest BCUT2D eigenvalue weighted by Gasteiger charge is -2.35. The van der Waals surface area contributed by atoms with E-state index in [1.165, 1.54) is 25.7 Å². The first-order valence-corrected chi connectivity index (χ1v) is 12.5. The molecule has 5 rings (SSSR count). The largest absolute Gasteiger partial charge is 0.409 e. The van der Waals surface area contributed by atoms with Crippen LogP contribution < -0.4 is 10.6 Å². The van der Waals surface area contributed by atoms with Crippen molar-refractivity contribution >= 4 is 34.5 Å². The van der Waals surface area contributed by atoms with Gasteiger partial charge in [-0.2, -0.15) is 4.98 Å². The van der Waals surface area contributed by atoms with Crippen LogP contribution in [-0.4, -0.2) is 61.3 Å². The number of morpholine rings is 1. The first-order chi connectivity index (χ1) is 16.9. The van der Waals surface area contributed by atoms with Gasteiger partial charge in [0.1, 0.15) is 11.2 Å². The Morgan fingerprint density at radius 2 is 2.00 bits per heavy atom. The number of fused-ring (bicyclic) bond motifs is 1. The number of hydrogen-bond donors (Lipinski definition) is 2. The Morgan fingerprint density at radius 1 is 1.20 bits per heavy atom. The van der Waals surface area contributed by atoms with Gasteiger partial charge in [-0.05, 0) is 37.7 Å². The molecule has 0 unspecified atom stereocenters. The number of nitrogens with two attached hydrogens (primary N) is 1. The van der Waals surface area contributed by atoms with E-state index in [1.54, 1.807) is 12.4 Å². The molecular formula is C24H31ClN8O2. The Bertz CT molecular complexity index is 1240. The summed E-state index contributed by atoms with van der Waals surface area (Å²) in [4.78, 5) is 20.8. The fourth-order valence-electron chi connectivity index (χ4n) is 5.11. The van der Waals surface area contributed by atoms with Gasteiger partial charge in [-0.1, -0.05) is 36.5 Å². The monoisotopic (exact) mass is 498 g/mol. The SMILES string of the molecule is CC1CCC(Cn2c(N3CCOC[C@H]3C)nc3nc(C(N)=NO)nc(-c4cncc(Cl)c4)c32)CC1. The van der Waals surface area contributed by atoms with E-state index in [0.29, 0.717) is 35.5 Å². The van der Waals surface area contributed by atoms with Crippen molar-refractivity contribution in [3.05, 3.63) is 29.3 Å². The minimum Gasteiger partial charge on any atom is -0.409 e. The van der Waals surface area contributed by atoms with Gasteiger partial charge in [0.25, 0.3) is 0 Å². The maximum absolute atomic E-state index is 9.30. The number of hydrogen-bond acceptors (Lipinski definition) is 8. The average molecular weight is 499 g/mol. The maximum Gasteiger partial charge on any atom is 0.208 e. The Kier molecular flexibility index (Phi) is 6.75. The molecular weight excluding hydrogens is 468 g/mol. The van der Waals surface area contributed by atoms with Crippen molar-refractivity contribution in [3.8, 4) is 11.3 Å². The third-order valence-corrected chi connectivity index (χ3v) is 7.31. The fourth-order valence-corrected chi connectivity index (χ4v) is 5.29. The third-order valence-electron chi connectivity index (χ3n) is 7.10. The molecule has 0 radical (unpaired) electrons. The standard InChI is InChI=1S/C24H31ClN8O2/c1-14-3-5-16(6-4-14)12-33-20-19(17-9-18(25)11-27-10-17)28-23(21(26)31-34)29-22(20)30-24(33)32-7-8-35-13-15(32)2/h9-11,14-16,34H,3-8,12-13H2,1-2H3,(H2,26,31)/t14?,15-,16?/m1/s1. The van der Waals surface area contributed by atoms with Crippen LogP contribution in [0.2, 0.25) is 5.02 Å². The lowest BCUT2D eigenvalue weighted by Crippen LogP contribution is -2.45. The zero-order chi connectivity index (χ0) is 24.5. The second-order valence-electron chi connectivity index (χ2n) is 9.71. The van der Waals surface area contributed by atoms with Crippen molar-refractivity contribution in [2.75, 3.05) is 24.7 Å². The van der Waals surface area contributed by atoms with Crippen LogP contribution in [0.5, 0.6) is 0 Å². The summed E-state index contributed by atoms with van der Waals surface area (Å²) in [5.74, 6) is 2.07. The van der Waals surface area contributed by atoms with Gasteiger partial charge < -0.3 is 25.1 Å². The van der Waals surface area contributed by atoms with Gasteiger partial charge in [0, 0.05) is 31.0 Å². The van der Waals surface area contributed by atoms with Crippen LogP contribution in [-0.2, 0) is 11.3 Å². The summed E-state index contributed by atoms with van der Waals surface area (Å²) < 4.78 is 7.94. The highest BCUT2D eigenvalue weighted by molar-refractivity contribution is 6.30. The Morgan fingerprint density at radius 3 is 2.71 bits per heavy atom. The molecule has 186 valence electrons. The number of nitrogens with zero attached hydrogens (tertiary/aromatic N) is 7. The van der Waals surface area contributed by atoms with Crippen LogP contribution in [0, 0.1) is 11.8 Å². The molecule has 1 atom stereocenters. The first kappa shape index (κ1) is 23.7. The van der Waals surface area contributed by atoms with Crippen LogP contribution in [0.3, 0.4) is 0 Å². The molecule has 3 aromatic heterocycles. The van der Waals surface area contributed by atoms with E-state index in [9.17, 15) is 5.21 Å². The number of anilines is 1. The Balaban J connectivity index is 1.73. The molecule has 1 saturated carbocycles. The first-order valence-electron chi connectivity index (χ1n) is 12.2. The molecule has 35 heavy (non-hydrogen) atoms. The van der Waals surface area contributed by atoms with Crippen LogP contribution in [0.15, 0.2) is 23.6 Å². The summed E-state index contributed by atoms with van der Waals surface area (Å²) >= 11 is 6.29. The fraction of sp³-hybridized carbons (Fsp3) is 0.542. The summed E-state index contributed by atoms with van der Waals surface area (Å²) in [5, 5.41) is 12.9. The van der Waals surface area contributed by atoms with Crippen molar-refractivity contribution in [1.82, 2.24) is 24.5 Å². The number of aromatic nitrogens is 5. The summed E-state index contributed by atoms with van der Waals surface area (Å²) in [6.45, 7) is 7.30. The highest BCUT2D eigenvalue weighted by Gasteiger charge is 2.30. The molecule has 0 spiro atoms. The molecule has 3 aromatic rings. The second kappa shape index (κ2) is 9.94. The summed E-state index contributed by atoms with van der Waals surface area (Å²) in [6.07, 6.45) is 8.10. The molecule has 0 bridgehead atoms. The maximum atomic E-state index is 9.30. The molecule has 2 fully saturated rings. The van der Waals surface area contributed by atoms with Crippen molar-refractivity contribution in [3.63, 3.8) is 0 Å². The number of halogens is 1. The van der Waals surface area contributed by atoms with E-state index in [2.05, 4.69) is 38.4 Å². The number of oxime groups is 1. The molecule has 2 aliphatic rings. The molecule has 1 saturated heterocycles. The molecule has 10 nitrogen and oxygen atoms in total. The number of imidazole rings is 1. The van der Waals surface area contributed by atoms with E-state index in [4.69, 9.17) is 32.0 Å². The van der Waals surface area contributed by atoms with Crippen molar-refractivity contribution < 1.29 is 9.94 Å². The Labute approximate surface area is 209 Å². The molecule has 0 amide bonds. The molecule has 3 N–H and O–H groups in total. The van der Waals surface area contributed by atoms with E-state index >= 15 is 0 Å². The van der Waals surface area contributed by atoms with Gasteiger partial charge in [0.2, 0.25) is 17.6 Å². The van der Waals surface area contributed by atoms with Gasteiger partial charge in [-0.3, -0.25) is 4.98 Å². The summed E-state index contributed by atoms with van der Waals surface area (Å²) in [5.41, 5.74) is 8.53. The van der Waals surface area contributed by atoms with Crippen LogP contribution >= 0.6 is 11.6 Å². The molecule has 1 aliphatic heterocycles. The Hall–Kier alpha value is -2.98. The number of amidine groups is 1. The van der Waals surface area contributed by atoms with Crippen molar-refractivity contribution in [1.29, 1.82) is 0 Å². The van der Waals surface area contributed by atoms with Crippen LogP contribution in [0.25, 0.3) is 22.4 Å². The zero-order valence-electron chi connectivity index (χ0n) is 20.1. The summed E-state index contributed by atoms with van der Waals surface area (Å²) in [6, 6.07) is 1.97. The topological polar surface area (TPSA) is 128 Å². The van der Waals surface area contributed by atoms with Crippen molar-refractivity contribution in [2.45, 2.75) is 52.1 Å². The van der Waals surface area contributed by atoms with E-state index in [1.807, 2.05) is 6.07 Å². The minimum absolute atomic E-state index is 0.104. The van der Waals surface area contributed by atoms with Gasteiger partial charge >= 0.3 is 0 Å². The van der Waals surface area contributed by atoms with Gasteiger partial charge in [0.15, 0.2) is 5.65 Å². The molecule has 1 aliphatic carbocycles. The normalized spacial score (nSPS) is 23.7. The summed E-state index contributed by atoms with van der Waals surface area (Å²) in [7, 11) is 0. The van der Waals surface area contributed by atoms with E-state index < -0.39 is 0 Å². The number of rotatable bonds is 5. The highest BCUT2D eigenvalue weighted by atomic mass is 35.5. The average Bonchev–Trinajstić information content (AvgIpc) is 3.22. The smallest absolute Gasteiger partial charge is 0.208 e. The van der Waals surface area contributed by atoms with Gasteiger partial charge in [-0.15, -0.1) is 0 Å². The highest BCUT2D eigenvalue weighted by Crippen LogP contribution is 2.36. The quantitative estimate of drug-likeness (QED) is 0.236. The molecule has 0 aromatic carbocycles. The predicted octanol–water partition coefficient (Wildman–Crippen LogP) is 3.69. The minimum atomic E-state index is -0.180.